The molecule has 0 bridgehead atoms. The molecule has 82 valence electrons. The number of nitrogens with zero attached hydrogens (tertiary/aromatic N) is 1. The molecule has 0 spiro atoms. The Bertz CT molecular complexity index is 509. The molecule has 1 aromatic heterocycles. The van der Waals surface area contributed by atoms with Gasteiger partial charge in [-0.15, -0.1) is 0 Å². The standard InChI is InChI=1S/C13H13NO2/c1-9-12(15)8-7-11(14-9)10-5-3-4-6-13(10)16-2/h3-8,15H,1-2H3. The summed E-state index contributed by atoms with van der Waals surface area (Å²) < 4.78 is 5.27. The molecule has 0 aliphatic rings. The molecule has 3 nitrogen and oxygen atoms in total. The van der Waals surface area contributed by atoms with Gasteiger partial charge in [-0.1, -0.05) is 12.1 Å². The lowest BCUT2D eigenvalue weighted by atomic mass is 10.1. The van der Waals surface area contributed by atoms with Crippen molar-refractivity contribution < 1.29 is 9.84 Å². The summed E-state index contributed by atoms with van der Waals surface area (Å²) in [6.45, 7) is 1.77. The van der Waals surface area contributed by atoms with Gasteiger partial charge in [0.25, 0.3) is 0 Å². The van der Waals surface area contributed by atoms with E-state index in [2.05, 4.69) is 4.98 Å². The summed E-state index contributed by atoms with van der Waals surface area (Å²) in [7, 11) is 1.63. The first-order valence-electron chi connectivity index (χ1n) is 5.02. The van der Waals surface area contributed by atoms with E-state index in [1.807, 2.05) is 24.3 Å². The Morgan fingerprint density at radius 3 is 2.56 bits per heavy atom. The highest BCUT2D eigenvalue weighted by Gasteiger charge is 2.07. The van der Waals surface area contributed by atoms with Crippen LogP contribution in [0.4, 0.5) is 0 Å². The molecule has 3 heteroatoms. The fraction of sp³-hybridized carbons (Fsp3) is 0.154. The van der Waals surface area contributed by atoms with Crippen LogP contribution in [0.1, 0.15) is 5.69 Å². The molecule has 0 atom stereocenters. The maximum Gasteiger partial charge on any atom is 0.136 e. The molecule has 0 fully saturated rings. The second-order valence-corrected chi connectivity index (χ2v) is 3.50. The zero-order chi connectivity index (χ0) is 11.5. The molecule has 0 aliphatic heterocycles. The Balaban J connectivity index is 2.54. The average Bonchev–Trinajstić information content (AvgIpc) is 2.32. The van der Waals surface area contributed by atoms with Crippen LogP contribution in [-0.2, 0) is 0 Å². The smallest absolute Gasteiger partial charge is 0.136 e. The molecule has 0 unspecified atom stereocenters. The molecule has 1 heterocycles. The molecule has 16 heavy (non-hydrogen) atoms. The topological polar surface area (TPSA) is 42.4 Å². The number of aromatic nitrogens is 1. The highest BCUT2D eigenvalue weighted by molar-refractivity contribution is 5.67. The first kappa shape index (κ1) is 10.5. The largest absolute Gasteiger partial charge is 0.506 e. The van der Waals surface area contributed by atoms with Gasteiger partial charge in [-0.2, -0.15) is 0 Å². The summed E-state index contributed by atoms with van der Waals surface area (Å²) in [5.41, 5.74) is 2.34. The number of pyridine rings is 1. The van der Waals surface area contributed by atoms with Crippen molar-refractivity contribution in [2.24, 2.45) is 0 Å². The molecule has 2 aromatic rings. The van der Waals surface area contributed by atoms with Gasteiger partial charge in [0.1, 0.15) is 11.5 Å². The van der Waals surface area contributed by atoms with E-state index in [1.165, 1.54) is 0 Å². The zero-order valence-corrected chi connectivity index (χ0v) is 9.27. The third-order valence-corrected chi connectivity index (χ3v) is 2.44. The lowest BCUT2D eigenvalue weighted by Crippen LogP contribution is -1.91. The van der Waals surface area contributed by atoms with Crippen molar-refractivity contribution in [1.29, 1.82) is 0 Å². The number of benzene rings is 1. The van der Waals surface area contributed by atoms with Crippen molar-refractivity contribution in [2.75, 3.05) is 7.11 Å². The van der Waals surface area contributed by atoms with Gasteiger partial charge >= 0.3 is 0 Å². The number of hydrogen-bond acceptors (Lipinski definition) is 3. The van der Waals surface area contributed by atoms with Crippen LogP contribution in [0.15, 0.2) is 36.4 Å². The lowest BCUT2D eigenvalue weighted by Gasteiger charge is -2.08. The molecule has 0 saturated heterocycles. The van der Waals surface area contributed by atoms with Gasteiger partial charge in [0.15, 0.2) is 0 Å². The quantitative estimate of drug-likeness (QED) is 0.837. The van der Waals surface area contributed by atoms with Gasteiger partial charge in [0.05, 0.1) is 18.5 Å². The van der Waals surface area contributed by atoms with Gasteiger partial charge in [-0.05, 0) is 31.2 Å². The van der Waals surface area contributed by atoms with Crippen molar-refractivity contribution in [1.82, 2.24) is 4.98 Å². The molecule has 1 N–H and O–H groups in total. The molecule has 0 amide bonds. The van der Waals surface area contributed by atoms with E-state index in [4.69, 9.17) is 4.74 Å². The predicted molar refractivity (Wildman–Crippen MR) is 62.6 cm³/mol. The van der Waals surface area contributed by atoms with Crippen molar-refractivity contribution >= 4 is 0 Å². The molecule has 0 saturated carbocycles. The highest BCUT2D eigenvalue weighted by Crippen LogP contribution is 2.29. The average molecular weight is 215 g/mol. The number of hydrogen-bond donors (Lipinski definition) is 1. The van der Waals surface area contributed by atoms with Crippen LogP contribution in [0.3, 0.4) is 0 Å². The molecule has 2 rings (SSSR count). The number of ether oxygens (including phenoxy) is 1. The number of aromatic hydroxyl groups is 1. The Morgan fingerprint density at radius 1 is 1.12 bits per heavy atom. The molecule has 1 aromatic carbocycles. The molecule has 0 aliphatic carbocycles. The van der Waals surface area contributed by atoms with E-state index < -0.39 is 0 Å². The van der Waals surface area contributed by atoms with Crippen LogP contribution in [0.25, 0.3) is 11.3 Å². The van der Waals surface area contributed by atoms with Crippen LogP contribution in [0, 0.1) is 6.92 Å². The minimum atomic E-state index is 0.207. The van der Waals surface area contributed by atoms with Crippen molar-refractivity contribution in [3.63, 3.8) is 0 Å². The third kappa shape index (κ3) is 1.84. The summed E-state index contributed by atoms with van der Waals surface area (Å²) in [6, 6.07) is 11.1. The summed E-state index contributed by atoms with van der Waals surface area (Å²) in [5.74, 6) is 0.985. The van der Waals surface area contributed by atoms with E-state index in [-0.39, 0.29) is 5.75 Å². The fourth-order valence-electron chi connectivity index (χ4n) is 1.56. The molecular weight excluding hydrogens is 202 g/mol. The zero-order valence-electron chi connectivity index (χ0n) is 9.27. The molecule has 0 radical (unpaired) electrons. The van der Waals surface area contributed by atoms with Crippen LogP contribution in [0.5, 0.6) is 11.5 Å². The van der Waals surface area contributed by atoms with Crippen LogP contribution in [-0.4, -0.2) is 17.2 Å². The van der Waals surface area contributed by atoms with Gasteiger partial charge in [0, 0.05) is 5.56 Å². The van der Waals surface area contributed by atoms with E-state index in [1.54, 1.807) is 26.2 Å². The van der Waals surface area contributed by atoms with Crippen LogP contribution >= 0.6 is 0 Å². The Labute approximate surface area is 94.3 Å². The lowest BCUT2D eigenvalue weighted by molar-refractivity contribution is 0.416. The third-order valence-electron chi connectivity index (χ3n) is 2.44. The number of para-hydroxylation sites is 1. The Morgan fingerprint density at radius 2 is 1.88 bits per heavy atom. The van der Waals surface area contributed by atoms with Crippen LogP contribution < -0.4 is 4.74 Å². The van der Waals surface area contributed by atoms with E-state index in [9.17, 15) is 5.11 Å². The van der Waals surface area contributed by atoms with Crippen LogP contribution in [0.2, 0.25) is 0 Å². The van der Waals surface area contributed by atoms with E-state index >= 15 is 0 Å². The normalized spacial score (nSPS) is 10.1. The van der Waals surface area contributed by atoms with Crippen molar-refractivity contribution in [3.05, 3.63) is 42.1 Å². The van der Waals surface area contributed by atoms with Gasteiger partial charge in [0.2, 0.25) is 0 Å². The minimum absolute atomic E-state index is 0.207. The maximum absolute atomic E-state index is 9.42. The second kappa shape index (κ2) is 4.23. The van der Waals surface area contributed by atoms with Crippen molar-refractivity contribution in [3.8, 4) is 22.8 Å². The van der Waals surface area contributed by atoms with Gasteiger partial charge in [-0.25, -0.2) is 4.98 Å². The maximum atomic E-state index is 9.42. The first-order chi connectivity index (χ1) is 7.72. The second-order valence-electron chi connectivity index (χ2n) is 3.50. The summed E-state index contributed by atoms with van der Waals surface area (Å²) >= 11 is 0. The predicted octanol–water partition coefficient (Wildman–Crippen LogP) is 2.77. The van der Waals surface area contributed by atoms with Gasteiger partial charge < -0.3 is 9.84 Å². The minimum Gasteiger partial charge on any atom is -0.506 e. The Kier molecular flexibility index (Phi) is 2.77. The highest BCUT2D eigenvalue weighted by atomic mass is 16.5. The van der Waals surface area contributed by atoms with Gasteiger partial charge in [-0.3, -0.25) is 0 Å². The number of aryl methyl sites for hydroxylation is 1. The Hall–Kier alpha value is -2.03. The number of methoxy groups -OCH3 is 1. The first-order valence-corrected chi connectivity index (χ1v) is 5.02. The monoisotopic (exact) mass is 215 g/mol. The SMILES string of the molecule is COc1ccccc1-c1ccc(O)c(C)n1. The van der Waals surface area contributed by atoms with E-state index in [0.29, 0.717) is 5.69 Å². The summed E-state index contributed by atoms with van der Waals surface area (Å²) in [6.07, 6.45) is 0. The van der Waals surface area contributed by atoms with E-state index in [0.717, 1.165) is 17.0 Å². The summed E-state index contributed by atoms with van der Waals surface area (Å²) in [4.78, 5) is 4.32. The molecular formula is C13H13NO2. The van der Waals surface area contributed by atoms with Crippen molar-refractivity contribution in [2.45, 2.75) is 6.92 Å². The number of rotatable bonds is 2. The summed E-state index contributed by atoms with van der Waals surface area (Å²) in [5, 5.41) is 9.42. The fourth-order valence-corrected chi connectivity index (χ4v) is 1.56.